The van der Waals surface area contributed by atoms with Crippen molar-refractivity contribution in [1.82, 2.24) is 25.8 Å². The molecule has 0 radical (unpaired) electrons. The third-order valence-electron chi connectivity index (χ3n) is 9.98. The van der Waals surface area contributed by atoms with Crippen molar-refractivity contribution in [3.63, 3.8) is 0 Å². The number of alkyl carbamates (subject to hydrolysis) is 1. The number of benzene rings is 1. The van der Waals surface area contributed by atoms with Crippen LogP contribution in [0.4, 0.5) is 14.4 Å². The molecule has 1 atom stereocenters. The van der Waals surface area contributed by atoms with Crippen molar-refractivity contribution < 1.29 is 47.7 Å². The van der Waals surface area contributed by atoms with Gasteiger partial charge < -0.3 is 44.7 Å². The van der Waals surface area contributed by atoms with Gasteiger partial charge >= 0.3 is 24.2 Å². The van der Waals surface area contributed by atoms with Crippen LogP contribution in [-0.2, 0) is 39.9 Å². The molecule has 57 heavy (non-hydrogen) atoms. The van der Waals surface area contributed by atoms with E-state index in [1.54, 1.807) is 28.9 Å². The standard InChI is InChI=1S/C42H67N5O10/c1-8-54-37(50)34(45-38(51)55-29-32-12-10-9-11-13-32)28-44-35(48)18-23-43-36(49)33(16-14-30-19-24-46(25-20-30)39(52)56-41(2,3)4)17-15-31-21-26-47(27-22-31)40(53)57-42(5,6)7/h9-13,30-31,33-34H,8,14-29H2,1-7H3,(H,43,49)(H,44,48)(H,45,51)/t34-/m0/s1. The minimum Gasteiger partial charge on any atom is -0.464 e. The van der Waals surface area contributed by atoms with Crippen LogP contribution in [0.5, 0.6) is 0 Å². The van der Waals surface area contributed by atoms with E-state index in [1.165, 1.54) is 0 Å². The van der Waals surface area contributed by atoms with Crippen LogP contribution in [0.2, 0.25) is 0 Å². The highest BCUT2D eigenvalue weighted by Gasteiger charge is 2.31. The fraction of sp³-hybridized carbons (Fsp3) is 0.714. The molecule has 2 aliphatic rings. The smallest absolute Gasteiger partial charge is 0.410 e. The van der Waals surface area contributed by atoms with E-state index in [0.29, 0.717) is 50.9 Å². The number of rotatable bonds is 17. The molecule has 0 saturated carbocycles. The number of hydrogen-bond donors (Lipinski definition) is 3. The highest BCUT2D eigenvalue weighted by Crippen LogP contribution is 2.30. The average Bonchev–Trinajstić information content (AvgIpc) is 3.15. The Morgan fingerprint density at radius 3 is 1.72 bits per heavy atom. The van der Waals surface area contributed by atoms with Gasteiger partial charge in [0.15, 0.2) is 0 Å². The lowest BCUT2D eigenvalue weighted by atomic mass is 9.84. The molecule has 320 valence electrons. The molecule has 0 aliphatic carbocycles. The van der Waals surface area contributed by atoms with Crippen LogP contribution in [0.1, 0.15) is 112 Å². The Bertz CT molecular complexity index is 1390. The van der Waals surface area contributed by atoms with E-state index in [9.17, 15) is 28.8 Å². The highest BCUT2D eigenvalue weighted by atomic mass is 16.6. The van der Waals surface area contributed by atoms with E-state index < -0.39 is 35.2 Å². The summed E-state index contributed by atoms with van der Waals surface area (Å²) in [5.74, 6) is -0.755. The van der Waals surface area contributed by atoms with Crippen molar-refractivity contribution in [1.29, 1.82) is 0 Å². The largest absolute Gasteiger partial charge is 0.464 e. The Balaban J connectivity index is 1.50. The highest BCUT2D eigenvalue weighted by molar-refractivity contribution is 5.83. The first kappa shape index (κ1) is 46.8. The van der Waals surface area contributed by atoms with E-state index in [0.717, 1.165) is 44.1 Å². The number of hydrogen-bond acceptors (Lipinski definition) is 10. The molecular formula is C42H67N5O10. The van der Waals surface area contributed by atoms with Crippen molar-refractivity contribution >= 4 is 36.1 Å². The first-order valence-electron chi connectivity index (χ1n) is 20.6. The van der Waals surface area contributed by atoms with Crippen LogP contribution in [0.3, 0.4) is 0 Å². The Hall–Kier alpha value is -4.56. The van der Waals surface area contributed by atoms with Gasteiger partial charge in [-0.1, -0.05) is 30.3 Å². The maximum atomic E-state index is 13.6. The van der Waals surface area contributed by atoms with Crippen molar-refractivity contribution in [3.05, 3.63) is 35.9 Å². The molecule has 1 aromatic rings. The second-order valence-corrected chi connectivity index (χ2v) is 17.0. The molecule has 15 heteroatoms. The molecule has 2 aliphatic heterocycles. The lowest BCUT2D eigenvalue weighted by Gasteiger charge is -2.34. The first-order valence-corrected chi connectivity index (χ1v) is 20.6. The molecular weight excluding hydrogens is 734 g/mol. The van der Waals surface area contributed by atoms with E-state index in [2.05, 4.69) is 16.0 Å². The van der Waals surface area contributed by atoms with Crippen LogP contribution in [0, 0.1) is 17.8 Å². The summed E-state index contributed by atoms with van der Waals surface area (Å²) in [7, 11) is 0. The summed E-state index contributed by atoms with van der Waals surface area (Å²) in [5, 5.41) is 8.07. The van der Waals surface area contributed by atoms with E-state index in [-0.39, 0.29) is 56.7 Å². The molecule has 2 fully saturated rings. The normalized spacial score (nSPS) is 16.0. The fourth-order valence-electron chi connectivity index (χ4n) is 6.83. The van der Waals surface area contributed by atoms with Gasteiger partial charge in [-0.3, -0.25) is 9.59 Å². The summed E-state index contributed by atoms with van der Waals surface area (Å²) < 4.78 is 21.4. The third kappa shape index (κ3) is 18.5. The fourth-order valence-corrected chi connectivity index (χ4v) is 6.83. The minimum atomic E-state index is -1.16. The molecule has 2 saturated heterocycles. The van der Waals surface area contributed by atoms with Crippen LogP contribution in [0.15, 0.2) is 30.3 Å². The second-order valence-electron chi connectivity index (χ2n) is 17.0. The summed E-state index contributed by atoms with van der Waals surface area (Å²) in [6.45, 7) is 15.2. The van der Waals surface area contributed by atoms with Crippen molar-refractivity contribution in [2.24, 2.45) is 17.8 Å². The zero-order valence-corrected chi connectivity index (χ0v) is 35.2. The Morgan fingerprint density at radius 1 is 0.737 bits per heavy atom. The summed E-state index contributed by atoms with van der Waals surface area (Å²) in [5.41, 5.74) is -0.329. The van der Waals surface area contributed by atoms with Gasteiger partial charge in [-0.15, -0.1) is 0 Å². The van der Waals surface area contributed by atoms with Crippen molar-refractivity contribution in [2.75, 3.05) is 45.9 Å². The van der Waals surface area contributed by atoms with Gasteiger partial charge in [0.1, 0.15) is 23.9 Å². The van der Waals surface area contributed by atoms with Gasteiger partial charge in [-0.25, -0.2) is 19.2 Å². The molecule has 0 spiro atoms. The zero-order chi connectivity index (χ0) is 42.0. The second kappa shape index (κ2) is 23.0. The number of piperidine rings is 2. The molecule has 15 nitrogen and oxygen atoms in total. The molecule has 5 amide bonds. The molecule has 0 aromatic heterocycles. The number of carbonyl (C=O) groups excluding carboxylic acids is 6. The number of ether oxygens (including phenoxy) is 4. The number of nitrogens with one attached hydrogen (secondary N) is 3. The van der Waals surface area contributed by atoms with Gasteiger partial charge in [0.25, 0.3) is 0 Å². The van der Waals surface area contributed by atoms with Crippen molar-refractivity contribution in [3.8, 4) is 0 Å². The SMILES string of the molecule is CCOC(=O)[C@H](CNC(=O)CCNC(=O)C(CCC1CCN(C(=O)OC(C)(C)C)CC1)CCC1CCN(C(=O)OC(C)(C)C)CC1)NC(=O)OCc1ccccc1. The summed E-state index contributed by atoms with van der Waals surface area (Å²) in [4.78, 5) is 80.1. The summed E-state index contributed by atoms with van der Waals surface area (Å²) in [6, 6.07) is 7.92. The van der Waals surface area contributed by atoms with Gasteiger partial charge in [0.2, 0.25) is 11.8 Å². The molecule has 0 unspecified atom stereocenters. The Kier molecular flexibility index (Phi) is 18.9. The maximum absolute atomic E-state index is 13.6. The van der Waals surface area contributed by atoms with Gasteiger partial charge in [0.05, 0.1) is 6.61 Å². The minimum absolute atomic E-state index is 0.00991. The summed E-state index contributed by atoms with van der Waals surface area (Å²) >= 11 is 0. The Labute approximate surface area is 338 Å². The van der Waals surface area contributed by atoms with E-state index in [1.807, 2.05) is 59.7 Å². The Morgan fingerprint density at radius 2 is 1.25 bits per heavy atom. The first-order chi connectivity index (χ1) is 26.9. The van der Waals surface area contributed by atoms with Crippen LogP contribution in [-0.4, -0.2) is 109 Å². The number of esters is 1. The molecule has 3 rings (SSSR count). The molecule has 2 heterocycles. The topological polar surface area (TPSA) is 182 Å². The van der Waals surface area contributed by atoms with Crippen LogP contribution >= 0.6 is 0 Å². The predicted molar refractivity (Wildman–Crippen MR) is 214 cm³/mol. The van der Waals surface area contributed by atoms with Gasteiger partial charge in [-0.05, 0) is 117 Å². The lowest BCUT2D eigenvalue weighted by molar-refractivity contribution is -0.145. The number of amides is 5. The quantitative estimate of drug-likeness (QED) is 0.126. The van der Waals surface area contributed by atoms with Crippen LogP contribution in [0.25, 0.3) is 0 Å². The predicted octanol–water partition coefficient (Wildman–Crippen LogP) is 5.94. The van der Waals surface area contributed by atoms with Crippen LogP contribution < -0.4 is 16.0 Å². The van der Waals surface area contributed by atoms with Gasteiger partial charge in [0, 0.05) is 51.6 Å². The number of carbonyl (C=O) groups is 6. The number of nitrogens with zero attached hydrogens (tertiary/aromatic N) is 2. The van der Waals surface area contributed by atoms with E-state index >= 15 is 0 Å². The van der Waals surface area contributed by atoms with Crippen molar-refractivity contribution in [2.45, 2.75) is 130 Å². The zero-order valence-electron chi connectivity index (χ0n) is 35.2. The third-order valence-corrected chi connectivity index (χ3v) is 9.98. The maximum Gasteiger partial charge on any atom is 0.410 e. The number of likely N-dealkylation sites (tertiary alicyclic amines) is 2. The van der Waals surface area contributed by atoms with E-state index in [4.69, 9.17) is 18.9 Å². The lowest BCUT2D eigenvalue weighted by Crippen LogP contribution is -2.49. The van der Waals surface area contributed by atoms with Gasteiger partial charge in [-0.2, -0.15) is 0 Å². The monoisotopic (exact) mass is 801 g/mol. The molecule has 3 N–H and O–H groups in total. The summed E-state index contributed by atoms with van der Waals surface area (Å²) in [6.07, 6.45) is 4.94. The molecule has 0 bridgehead atoms. The average molecular weight is 802 g/mol. The molecule has 1 aromatic carbocycles.